The van der Waals surface area contributed by atoms with Gasteiger partial charge in [0.15, 0.2) is 0 Å². The molecule has 33 heavy (non-hydrogen) atoms. The van der Waals surface area contributed by atoms with E-state index in [0.29, 0.717) is 16.8 Å². The molecule has 0 saturated heterocycles. The number of carbonyl (C=O) groups excluding carboxylic acids is 2. The van der Waals surface area contributed by atoms with Gasteiger partial charge in [0, 0.05) is 17.3 Å². The highest BCUT2D eigenvalue weighted by atomic mass is 16.2. The smallest absolute Gasteiger partial charge is 0.252 e. The second kappa shape index (κ2) is 10.4. The van der Waals surface area contributed by atoms with Crippen LogP contribution in [0.5, 0.6) is 0 Å². The lowest BCUT2D eigenvalue weighted by Gasteiger charge is -2.33. The van der Waals surface area contributed by atoms with E-state index in [9.17, 15) is 14.9 Å². The molecule has 0 fully saturated rings. The van der Waals surface area contributed by atoms with Crippen molar-refractivity contribution in [3.8, 4) is 6.07 Å². The number of carbonyl (C=O) groups is 2. The summed E-state index contributed by atoms with van der Waals surface area (Å²) in [5.41, 5.74) is 2.08. The minimum atomic E-state index is -0.924. The zero-order valence-corrected chi connectivity index (χ0v) is 19.0. The topological polar surface area (TPSA) is 73.2 Å². The summed E-state index contributed by atoms with van der Waals surface area (Å²) >= 11 is 0. The Kier molecular flexibility index (Phi) is 7.42. The Hall–Kier alpha value is -4.17. The lowest BCUT2D eigenvalue weighted by atomic mass is 9.99. The first-order valence-corrected chi connectivity index (χ1v) is 10.7. The lowest BCUT2D eigenvalue weighted by Crippen LogP contribution is -2.49. The van der Waals surface area contributed by atoms with Gasteiger partial charge in [0.1, 0.15) is 6.04 Å². The molecule has 0 heterocycles. The van der Waals surface area contributed by atoms with Gasteiger partial charge in [0.2, 0.25) is 5.91 Å². The molecule has 0 aromatic heterocycles. The molecule has 0 aliphatic carbocycles. The molecule has 3 aromatic rings. The van der Waals surface area contributed by atoms with E-state index in [1.54, 1.807) is 42.5 Å². The molecule has 5 nitrogen and oxygen atoms in total. The third-order valence-corrected chi connectivity index (χ3v) is 4.85. The van der Waals surface area contributed by atoms with Crippen LogP contribution in [0.25, 0.3) is 6.08 Å². The summed E-state index contributed by atoms with van der Waals surface area (Å²) < 4.78 is 0. The monoisotopic (exact) mass is 437 g/mol. The fourth-order valence-corrected chi connectivity index (χ4v) is 3.40. The van der Waals surface area contributed by atoms with Gasteiger partial charge < -0.3 is 5.32 Å². The van der Waals surface area contributed by atoms with Crippen LogP contribution in [0.15, 0.2) is 91.0 Å². The maximum Gasteiger partial charge on any atom is 0.252 e. The highest BCUT2D eigenvalue weighted by molar-refractivity contribution is 6.08. The second-order valence-electron chi connectivity index (χ2n) is 8.66. The third kappa shape index (κ3) is 6.41. The van der Waals surface area contributed by atoms with E-state index in [0.717, 1.165) is 5.56 Å². The summed E-state index contributed by atoms with van der Waals surface area (Å²) in [5, 5.41) is 12.2. The normalized spacial score (nSPS) is 12.1. The van der Waals surface area contributed by atoms with Crippen LogP contribution >= 0.6 is 0 Å². The molecule has 2 amide bonds. The molecule has 0 aliphatic heterocycles. The second-order valence-corrected chi connectivity index (χ2v) is 8.66. The van der Waals surface area contributed by atoms with Gasteiger partial charge in [-0.05, 0) is 62.2 Å². The van der Waals surface area contributed by atoms with Crippen molar-refractivity contribution >= 4 is 23.6 Å². The maximum atomic E-state index is 13.5. The summed E-state index contributed by atoms with van der Waals surface area (Å²) in [6.45, 7) is 5.68. The van der Waals surface area contributed by atoms with Gasteiger partial charge in [-0.2, -0.15) is 5.26 Å². The Balaban J connectivity index is 2.09. The molecule has 166 valence electrons. The van der Waals surface area contributed by atoms with Gasteiger partial charge in [-0.1, -0.05) is 60.7 Å². The molecular formula is C28H27N3O2. The molecule has 5 heteroatoms. The zero-order valence-electron chi connectivity index (χ0n) is 19.0. The van der Waals surface area contributed by atoms with Crippen LogP contribution in [0.4, 0.5) is 5.69 Å². The molecule has 0 aliphatic rings. The van der Waals surface area contributed by atoms with E-state index in [1.165, 1.54) is 11.0 Å². The number of hydrogen-bond donors (Lipinski definition) is 1. The largest absolute Gasteiger partial charge is 0.349 e. The van der Waals surface area contributed by atoms with E-state index in [1.807, 2.05) is 69.3 Å². The van der Waals surface area contributed by atoms with E-state index in [4.69, 9.17) is 0 Å². The molecule has 3 rings (SSSR count). The number of nitrogens with zero attached hydrogens (tertiary/aromatic N) is 2. The Morgan fingerprint density at radius 1 is 0.909 bits per heavy atom. The molecule has 0 spiro atoms. The number of nitrogens with one attached hydrogen (secondary N) is 1. The summed E-state index contributed by atoms with van der Waals surface area (Å²) in [7, 11) is 0. The average molecular weight is 438 g/mol. The van der Waals surface area contributed by atoms with Crippen LogP contribution < -0.4 is 10.2 Å². The van der Waals surface area contributed by atoms with Gasteiger partial charge in [-0.25, -0.2) is 0 Å². The van der Waals surface area contributed by atoms with Crippen molar-refractivity contribution in [2.45, 2.75) is 32.4 Å². The van der Waals surface area contributed by atoms with E-state index in [-0.39, 0.29) is 11.8 Å². The first-order valence-electron chi connectivity index (χ1n) is 10.7. The SMILES string of the molecule is CC(C)(C)NC(=O)C(c1ccc(C#N)cc1)N(C(=O)/C=C/c1ccccc1)c1ccccc1. The van der Waals surface area contributed by atoms with Gasteiger partial charge in [-0.15, -0.1) is 0 Å². The van der Waals surface area contributed by atoms with Crippen LogP contribution in [-0.4, -0.2) is 17.4 Å². The van der Waals surface area contributed by atoms with E-state index in [2.05, 4.69) is 11.4 Å². The van der Waals surface area contributed by atoms with Crippen LogP contribution in [0.1, 0.15) is 43.5 Å². The molecule has 1 atom stereocenters. The minimum absolute atomic E-state index is 0.308. The molecule has 1 unspecified atom stereocenters. The van der Waals surface area contributed by atoms with Crippen LogP contribution in [-0.2, 0) is 9.59 Å². The first kappa shape index (κ1) is 23.5. The predicted molar refractivity (Wildman–Crippen MR) is 131 cm³/mol. The summed E-state index contributed by atoms with van der Waals surface area (Å²) in [5.74, 6) is -0.638. The number of hydrogen-bond acceptors (Lipinski definition) is 3. The van der Waals surface area contributed by atoms with Crippen LogP contribution in [0, 0.1) is 11.3 Å². The predicted octanol–water partition coefficient (Wildman–Crippen LogP) is 5.26. The standard InChI is InChI=1S/C28H27N3O2/c1-28(2,3)30-27(33)26(23-17-14-22(20-29)15-18-23)31(24-12-8-5-9-13-24)25(32)19-16-21-10-6-4-7-11-21/h4-19,26H,1-3H3,(H,30,33)/b19-16+. The number of benzene rings is 3. The first-order chi connectivity index (χ1) is 15.8. The summed E-state index contributed by atoms with van der Waals surface area (Å²) in [6, 6.07) is 26.5. The van der Waals surface area contributed by atoms with Crippen molar-refractivity contribution in [2.75, 3.05) is 4.90 Å². The van der Waals surface area contributed by atoms with Gasteiger partial charge in [0.05, 0.1) is 11.6 Å². The van der Waals surface area contributed by atoms with E-state index >= 15 is 0 Å². The lowest BCUT2D eigenvalue weighted by molar-refractivity contribution is -0.126. The fraction of sp³-hybridized carbons (Fsp3) is 0.179. The maximum absolute atomic E-state index is 13.5. The molecule has 3 aromatic carbocycles. The van der Waals surface area contributed by atoms with Crippen molar-refractivity contribution in [3.63, 3.8) is 0 Å². The minimum Gasteiger partial charge on any atom is -0.349 e. The number of para-hydroxylation sites is 1. The Labute approximate surface area is 195 Å². The third-order valence-electron chi connectivity index (χ3n) is 4.85. The molecule has 1 N–H and O–H groups in total. The Bertz CT molecular complexity index is 1160. The quantitative estimate of drug-likeness (QED) is 0.535. The van der Waals surface area contributed by atoms with Crippen molar-refractivity contribution < 1.29 is 9.59 Å². The number of anilines is 1. The van der Waals surface area contributed by atoms with Crippen molar-refractivity contribution in [1.29, 1.82) is 5.26 Å². The summed E-state index contributed by atoms with van der Waals surface area (Å²) in [4.78, 5) is 28.5. The average Bonchev–Trinajstić information content (AvgIpc) is 2.81. The fourth-order valence-electron chi connectivity index (χ4n) is 3.40. The van der Waals surface area contributed by atoms with Crippen LogP contribution in [0.2, 0.25) is 0 Å². The highest BCUT2D eigenvalue weighted by Gasteiger charge is 2.33. The number of nitriles is 1. The molecule has 0 radical (unpaired) electrons. The molecular weight excluding hydrogens is 410 g/mol. The number of rotatable bonds is 6. The Morgan fingerprint density at radius 3 is 2.03 bits per heavy atom. The van der Waals surface area contributed by atoms with Crippen molar-refractivity contribution in [2.24, 2.45) is 0 Å². The highest BCUT2D eigenvalue weighted by Crippen LogP contribution is 2.29. The van der Waals surface area contributed by atoms with Crippen molar-refractivity contribution in [3.05, 3.63) is 108 Å². The summed E-state index contributed by atoms with van der Waals surface area (Å²) in [6.07, 6.45) is 3.21. The van der Waals surface area contributed by atoms with Gasteiger partial charge in [-0.3, -0.25) is 14.5 Å². The van der Waals surface area contributed by atoms with Gasteiger partial charge >= 0.3 is 0 Å². The van der Waals surface area contributed by atoms with Crippen molar-refractivity contribution in [1.82, 2.24) is 5.32 Å². The van der Waals surface area contributed by atoms with Gasteiger partial charge in [0.25, 0.3) is 5.91 Å². The number of amides is 2. The molecule has 0 saturated carbocycles. The Morgan fingerprint density at radius 2 is 1.48 bits per heavy atom. The zero-order chi connectivity index (χ0) is 23.8. The van der Waals surface area contributed by atoms with E-state index < -0.39 is 11.6 Å². The van der Waals surface area contributed by atoms with Crippen LogP contribution in [0.3, 0.4) is 0 Å². The molecule has 0 bridgehead atoms.